The summed E-state index contributed by atoms with van der Waals surface area (Å²) in [6.45, 7) is 1.52. The molecule has 1 aliphatic rings. The van der Waals surface area contributed by atoms with Crippen LogP contribution in [0.25, 0.3) is 11.0 Å². The SMILES string of the molecule is O=C(Nc1nc2ccccc2[nH]1)C1CCN(c2ccc(Cl)nn2)CC1. The Morgan fingerprint density at radius 1 is 1.16 bits per heavy atom. The minimum absolute atomic E-state index is 0.000830. The van der Waals surface area contributed by atoms with Gasteiger partial charge in [0.05, 0.1) is 11.0 Å². The van der Waals surface area contributed by atoms with E-state index in [2.05, 4.69) is 30.4 Å². The van der Waals surface area contributed by atoms with Crippen LogP contribution in [0.4, 0.5) is 11.8 Å². The summed E-state index contributed by atoms with van der Waals surface area (Å²) < 4.78 is 0. The van der Waals surface area contributed by atoms with Gasteiger partial charge in [0.2, 0.25) is 11.9 Å². The molecule has 1 aliphatic heterocycles. The van der Waals surface area contributed by atoms with Gasteiger partial charge in [-0.3, -0.25) is 10.1 Å². The van der Waals surface area contributed by atoms with Crippen LogP contribution in [0.5, 0.6) is 0 Å². The molecule has 4 rings (SSSR count). The Hall–Kier alpha value is -2.67. The number of halogens is 1. The second kappa shape index (κ2) is 6.68. The van der Waals surface area contributed by atoms with Crippen molar-refractivity contribution >= 4 is 40.3 Å². The quantitative estimate of drug-likeness (QED) is 0.753. The maximum atomic E-state index is 12.5. The summed E-state index contributed by atoms with van der Waals surface area (Å²) in [5, 5.41) is 11.2. The van der Waals surface area contributed by atoms with Crippen molar-refractivity contribution < 1.29 is 4.79 Å². The van der Waals surface area contributed by atoms with Gasteiger partial charge in [0.15, 0.2) is 11.0 Å². The second-order valence-electron chi connectivity index (χ2n) is 6.07. The van der Waals surface area contributed by atoms with E-state index < -0.39 is 0 Å². The molecular formula is C17H17ClN6O. The number of aromatic amines is 1. The number of H-pyrrole nitrogens is 1. The van der Waals surface area contributed by atoms with Crippen molar-refractivity contribution in [2.75, 3.05) is 23.3 Å². The molecule has 3 heterocycles. The van der Waals surface area contributed by atoms with Gasteiger partial charge >= 0.3 is 0 Å². The van der Waals surface area contributed by atoms with E-state index in [0.29, 0.717) is 11.1 Å². The molecule has 0 unspecified atom stereocenters. The number of hydrogen-bond donors (Lipinski definition) is 2. The number of carbonyl (C=O) groups is 1. The van der Waals surface area contributed by atoms with Gasteiger partial charge in [-0.2, -0.15) is 0 Å². The number of anilines is 2. The molecule has 25 heavy (non-hydrogen) atoms. The molecule has 3 aromatic rings. The third kappa shape index (κ3) is 3.41. The number of piperidine rings is 1. The van der Waals surface area contributed by atoms with E-state index in [-0.39, 0.29) is 11.8 Å². The summed E-state index contributed by atoms with van der Waals surface area (Å²) in [6, 6.07) is 11.3. The Balaban J connectivity index is 1.37. The van der Waals surface area contributed by atoms with Crippen LogP contribution in [-0.4, -0.2) is 39.2 Å². The third-order valence-corrected chi connectivity index (χ3v) is 4.64. The van der Waals surface area contributed by atoms with Crippen molar-refractivity contribution in [1.29, 1.82) is 0 Å². The predicted octanol–water partition coefficient (Wildman–Crippen LogP) is 2.86. The zero-order valence-corrected chi connectivity index (χ0v) is 14.2. The van der Waals surface area contributed by atoms with Gasteiger partial charge in [0, 0.05) is 19.0 Å². The third-order valence-electron chi connectivity index (χ3n) is 4.44. The molecule has 0 spiro atoms. The maximum Gasteiger partial charge on any atom is 0.229 e. The van der Waals surface area contributed by atoms with Gasteiger partial charge < -0.3 is 9.88 Å². The number of nitrogens with one attached hydrogen (secondary N) is 2. The predicted molar refractivity (Wildman–Crippen MR) is 96.7 cm³/mol. The van der Waals surface area contributed by atoms with Crippen LogP contribution in [0.1, 0.15) is 12.8 Å². The smallest absolute Gasteiger partial charge is 0.229 e. The van der Waals surface area contributed by atoms with E-state index in [4.69, 9.17) is 11.6 Å². The highest BCUT2D eigenvalue weighted by Gasteiger charge is 2.26. The van der Waals surface area contributed by atoms with Crippen LogP contribution in [0.15, 0.2) is 36.4 Å². The fourth-order valence-electron chi connectivity index (χ4n) is 3.08. The highest BCUT2D eigenvalue weighted by Crippen LogP contribution is 2.23. The summed E-state index contributed by atoms with van der Waals surface area (Å²) in [7, 11) is 0. The van der Waals surface area contributed by atoms with E-state index in [1.807, 2.05) is 30.3 Å². The Morgan fingerprint density at radius 2 is 1.96 bits per heavy atom. The number of para-hydroxylation sites is 2. The Kier molecular flexibility index (Phi) is 4.23. The molecular weight excluding hydrogens is 340 g/mol. The Bertz CT molecular complexity index is 853. The number of imidazole rings is 1. The molecule has 1 fully saturated rings. The number of aromatic nitrogens is 4. The Labute approximate surface area is 149 Å². The van der Waals surface area contributed by atoms with E-state index >= 15 is 0 Å². The molecule has 2 N–H and O–H groups in total. The minimum atomic E-state index is -0.0373. The molecule has 2 aromatic heterocycles. The largest absolute Gasteiger partial charge is 0.355 e. The lowest BCUT2D eigenvalue weighted by molar-refractivity contribution is -0.120. The summed E-state index contributed by atoms with van der Waals surface area (Å²) >= 11 is 5.77. The van der Waals surface area contributed by atoms with Crippen LogP contribution < -0.4 is 10.2 Å². The minimum Gasteiger partial charge on any atom is -0.355 e. The zero-order chi connectivity index (χ0) is 17.2. The van der Waals surface area contributed by atoms with Crippen molar-refractivity contribution in [3.05, 3.63) is 41.6 Å². The fourth-order valence-corrected chi connectivity index (χ4v) is 3.18. The highest BCUT2D eigenvalue weighted by atomic mass is 35.5. The van der Waals surface area contributed by atoms with Crippen molar-refractivity contribution in [2.24, 2.45) is 5.92 Å². The number of carbonyl (C=O) groups excluding carboxylic acids is 1. The monoisotopic (exact) mass is 356 g/mol. The molecule has 1 aromatic carbocycles. The lowest BCUT2D eigenvalue weighted by Gasteiger charge is -2.31. The first kappa shape index (κ1) is 15.8. The fraction of sp³-hybridized carbons (Fsp3) is 0.294. The number of fused-ring (bicyclic) bond motifs is 1. The van der Waals surface area contributed by atoms with Crippen LogP contribution in [0.2, 0.25) is 5.15 Å². The molecule has 128 valence electrons. The van der Waals surface area contributed by atoms with Gasteiger partial charge in [-0.05, 0) is 37.1 Å². The first-order chi connectivity index (χ1) is 12.2. The number of benzene rings is 1. The number of nitrogens with zero attached hydrogens (tertiary/aromatic N) is 4. The molecule has 1 amide bonds. The van der Waals surface area contributed by atoms with Crippen molar-refractivity contribution in [3.63, 3.8) is 0 Å². The number of rotatable bonds is 3. The number of amides is 1. The van der Waals surface area contributed by atoms with Gasteiger partial charge in [0.25, 0.3) is 0 Å². The van der Waals surface area contributed by atoms with Gasteiger partial charge in [-0.1, -0.05) is 23.7 Å². The summed E-state index contributed by atoms with van der Waals surface area (Å²) in [5.41, 5.74) is 1.75. The average Bonchev–Trinajstić information content (AvgIpc) is 3.05. The van der Waals surface area contributed by atoms with Gasteiger partial charge in [0.1, 0.15) is 0 Å². The van der Waals surface area contributed by atoms with E-state index in [9.17, 15) is 4.79 Å². The van der Waals surface area contributed by atoms with Crippen molar-refractivity contribution in [1.82, 2.24) is 20.2 Å². The average molecular weight is 357 g/mol. The first-order valence-corrected chi connectivity index (χ1v) is 8.56. The van der Waals surface area contributed by atoms with Crippen LogP contribution in [0, 0.1) is 5.92 Å². The van der Waals surface area contributed by atoms with E-state index in [1.165, 1.54) is 0 Å². The molecule has 0 bridgehead atoms. The lowest BCUT2D eigenvalue weighted by atomic mass is 9.96. The summed E-state index contributed by atoms with van der Waals surface area (Å²) in [6.07, 6.45) is 1.52. The molecule has 0 atom stereocenters. The molecule has 0 radical (unpaired) electrons. The first-order valence-electron chi connectivity index (χ1n) is 8.19. The molecule has 0 aliphatic carbocycles. The van der Waals surface area contributed by atoms with Crippen LogP contribution in [0.3, 0.4) is 0 Å². The van der Waals surface area contributed by atoms with Crippen LogP contribution in [-0.2, 0) is 4.79 Å². The second-order valence-corrected chi connectivity index (χ2v) is 6.45. The Morgan fingerprint density at radius 3 is 2.68 bits per heavy atom. The molecule has 7 nitrogen and oxygen atoms in total. The number of hydrogen-bond acceptors (Lipinski definition) is 5. The normalized spacial score (nSPS) is 15.5. The molecule has 8 heteroatoms. The summed E-state index contributed by atoms with van der Waals surface area (Å²) in [5.74, 6) is 1.25. The van der Waals surface area contributed by atoms with E-state index in [0.717, 1.165) is 42.8 Å². The van der Waals surface area contributed by atoms with Gasteiger partial charge in [-0.25, -0.2) is 4.98 Å². The van der Waals surface area contributed by atoms with Crippen molar-refractivity contribution in [3.8, 4) is 0 Å². The van der Waals surface area contributed by atoms with Crippen molar-refractivity contribution in [2.45, 2.75) is 12.8 Å². The summed E-state index contributed by atoms with van der Waals surface area (Å²) in [4.78, 5) is 22.1. The standard InChI is InChI=1S/C17H17ClN6O/c18-14-5-6-15(23-22-14)24-9-7-11(8-10-24)16(25)21-17-19-12-3-1-2-4-13(12)20-17/h1-6,11H,7-10H2,(H2,19,20,21,25). The van der Waals surface area contributed by atoms with Gasteiger partial charge in [-0.15, -0.1) is 10.2 Å². The van der Waals surface area contributed by atoms with E-state index in [1.54, 1.807) is 6.07 Å². The highest BCUT2D eigenvalue weighted by molar-refractivity contribution is 6.29. The zero-order valence-electron chi connectivity index (χ0n) is 13.4. The lowest BCUT2D eigenvalue weighted by Crippen LogP contribution is -2.38. The molecule has 1 saturated heterocycles. The molecule has 0 saturated carbocycles. The maximum absolute atomic E-state index is 12.5. The topological polar surface area (TPSA) is 86.8 Å². The van der Waals surface area contributed by atoms with Crippen LogP contribution >= 0.6 is 11.6 Å².